The van der Waals surface area contributed by atoms with Crippen LogP contribution in [0.25, 0.3) is 0 Å². The van der Waals surface area contributed by atoms with E-state index in [1.165, 1.54) is 5.56 Å². The quantitative estimate of drug-likeness (QED) is 0.711. The number of carboxylic acids is 2. The maximum Gasteiger partial charge on any atom is 0.414 e. The minimum atomic E-state index is -1.82. The zero-order chi connectivity index (χ0) is 22.1. The highest BCUT2D eigenvalue weighted by atomic mass is 35.5. The molecule has 0 atom stereocenters. The number of carbonyl (C=O) groups excluding carboxylic acids is 1. The van der Waals surface area contributed by atoms with Crippen molar-refractivity contribution in [1.82, 2.24) is 9.80 Å². The zero-order valence-corrected chi connectivity index (χ0v) is 17.2. The topological polar surface area (TPSA) is 107 Å². The van der Waals surface area contributed by atoms with Gasteiger partial charge in [0.2, 0.25) is 0 Å². The molecule has 0 aromatic heterocycles. The molecule has 9 heteroatoms. The first-order valence-corrected chi connectivity index (χ1v) is 9.54. The lowest BCUT2D eigenvalue weighted by Gasteiger charge is -2.34. The summed E-state index contributed by atoms with van der Waals surface area (Å²) in [7, 11) is 1.62. The molecule has 0 saturated carbocycles. The van der Waals surface area contributed by atoms with E-state index in [9.17, 15) is 4.79 Å². The van der Waals surface area contributed by atoms with Gasteiger partial charge in [0.15, 0.2) is 0 Å². The van der Waals surface area contributed by atoms with Crippen LogP contribution < -0.4 is 4.74 Å². The first kappa shape index (κ1) is 23.2. The Morgan fingerprint density at radius 2 is 1.57 bits per heavy atom. The van der Waals surface area contributed by atoms with Gasteiger partial charge in [0, 0.05) is 43.3 Å². The highest BCUT2D eigenvalue weighted by Crippen LogP contribution is 2.16. The smallest absolute Gasteiger partial charge is 0.414 e. The Hall–Kier alpha value is -3.10. The van der Waals surface area contributed by atoms with E-state index < -0.39 is 11.9 Å². The first-order chi connectivity index (χ1) is 14.3. The number of aliphatic carboxylic acids is 2. The number of methoxy groups -OCH3 is 1. The van der Waals surface area contributed by atoms with Crippen LogP contribution >= 0.6 is 11.6 Å². The maximum atomic E-state index is 12.6. The summed E-state index contributed by atoms with van der Waals surface area (Å²) in [4.78, 5) is 35.0. The normalized spacial score (nSPS) is 13.7. The van der Waals surface area contributed by atoms with E-state index in [0.29, 0.717) is 5.56 Å². The average Bonchev–Trinajstić information content (AvgIpc) is 2.74. The molecule has 1 heterocycles. The Labute approximate surface area is 179 Å². The summed E-state index contributed by atoms with van der Waals surface area (Å²) < 4.78 is 5.13. The molecule has 0 aliphatic carbocycles. The molecule has 1 aliphatic rings. The average molecular weight is 435 g/mol. The van der Waals surface area contributed by atoms with Crippen LogP contribution in [0.2, 0.25) is 5.02 Å². The van der Waals surface area contributed by atoms with Crippen molar-refractivity contribution >= 4 is 29.4 Å². The lowest BCUT2D eigenvalue weighted by Crippen LogP contribution is -2.48. The minimum Gasteiger partial charge on any atom is -0.497 e. The van der Waals surface area contributed by atoms with Crippen LogP contribution in [0.15, 0.2) is 48.5 Å². The number of rotatable bonds is 4. The Morgan fingerprint density at radius 1 is 0.967 bits per heavy atom. The van der Waals surface area contributed by atoms with Crippen LogP contribution in [0, 0.1) is 0 Å². The van der Waals surface area contributed by atoms with E-state index in [1.807, 2.05) is 47.4 Å². The summed E-state index contributed by atoms with van der Waals surface area (Å²) in [5.74, 6) is -2.80. The molecule has 1 saturated heterocycles. The number of ether oxygens (including phenoxy) is 1. The Morgan fingerprint density at radius 3 is 2.07 bits per heavy atom. The van der Waals surface area contributed by atoms with Crippen LogP contribution in [0.3, 0.4) is 0 Å². The SMILES string of the molecule is COc1ccc(C(=O)N2CCN(Cc3cccc(Cl)c3)CC2)cc1.O=C(O)C(=O)O. The lowest BCUT2D eigenvalue weighted by molar-refractivity contribution is -0.159. The van der Waals surface area contributed by atoms with Crippen molar-refractivity contribution in [1.29, 1.82) is 0 Å². The molecule has 2 aromatic carbocycles. The Kier molecular flexibility index (Phi) is 8.64. The number of hydrogen-bond donors (Lipinski definition) is 2. The van der Waals surface area contributed by atoms with E-state index in [2.05, 4.69) is 11.0 Å². The van der Waals surface area contributed by atoms with Crippen molar-refractivity contribution in [2.45, 2.75) is 6.54 Å². The van der Waals surface area contributed by atoms with Gasteiger partial charge in [0.05, 0.1) is 7.11 Å². The Bertz CT molecular complexity index is 867. The molecule has 0 spiro atoms. The molecule has 8 nitrogen and oxygen atoms in total. The molecule has 1 amide bonds. The molecular formula is C21H23ClN2O6. The van der Waals surface area contributed by atoms with Gasteiger partial charge in [-0.2, -0.15) is 0 Å². The molecule has 2 N–H and O–H groups in total. The lowest BCUT2D eigenvalue weighted by atomic mass is 10.1. The van der Waals surface area contributed by atoms with Crippen molar-refractivity contribution in [3.8, 4) is 5.75 Å². The van der Waals surface area contributed by atoms with Crippen LogP contribution in [-0.4, -0.2) is 71.1 Å². The third-order valence-corrected chi connectivity index (χ3v) is 4.71. The van der Waals surface area contributed by atoms with E-state index in [-0.39, 0.29) is 5.91 Å². The fourth-order valence-electron chi connectivity index (χ4n) is 2.92. The highest BCUT2D eigenvalue weighted by molar-refractivity contribution is 6.30. The second-order valence-corrected chi connectivity index (χ2v) is 6.97. The first-order valence-electron chi connectivity index (χ1n) is 9.16. The molecule has 0 unspecified atom stereocenters. The Balaban J connectivity index is 0.000000469. The molecular weight excluding hydrogens is 412 g/mol. The monoisotopic (exact) mass is 434 g/mol. The number of benzene rings is 2. The largest absolute Gasteiger partial charge is 0.497 e. The van der Waals surface area contributed by atoms with E-state index in [1.54, 1.807) is 7.11 Å². The van der Waals surface area contributed by atoms with Crippen LogP contribution in [-0.2, 0) is 16.1 Å². The number of halogens is 1. The molecule has 0 bridgehead atoms. The number of amides is 1. The molecule has 0 radical (unpaired) electrons. The van der Waals surface area contributed by atoms with Gasteiger partial charge >= 0.3 is 11.9 Å². The van der Waals surface area contributed by atoms with E-state index in [4.69, 9.17) is 36.1 Å². The van der Waals surface area contributed by atoms with Crippen LogP contribution in [0.4, 0.5) is 0 Å². The molecule has 1 aliphatic heterocycles. The van der Waals surface area contributed by atoms with Gasteiger partial charge in [-0.05, 0) is 42.0 Å². The van der Waals surface area contributed by atoms with Crippen molar-refractivity contribution in [3.05, 3.63) is 64.7 Å². The van der Waals surface area contributed by atoms with Gasteiger partial charge in [-0.1, -0.05) is 23.7 Å². The predicted molar refractivity (Wildman–Crippen MR) is 111 cm³/mol. The van der Waals surface area contributed by atoms with Crippen molar-refractivity contribution in [2.75, 3.05) is 33.3 Å². The third kappa shape index (κ3) is 7.06. The van der Waals surface area contributed by atoms with E-state index >= 15 is 0 Å². The van der Waals surface area contributed by atoms with Gasteiger partial charge in [0.25, 0.3) is 5.91 Å². The van der Waals surface area contributed by atoms with Gasteiger partial charge < -0.3 is 19.8 Å². The summed E-state index contributed by atoms with van der Waals surface area (Å²) >= 11 is 6.04. The molecule has 30 heavy (non-hydrogen) atoms. The standard InChI is InChI=1S/C19H21ClN2O2.C2H2O4/c1-24-18-7-5-16(6-8-18)19(23)22-11-9-21(10-12-22)14-15-3-2-4-17(20)13-15;3-1(4)2(5)6/h2-8,13H,9-12,14H2,1H3;(H,3,4)(H,5,6). The maximum absolute atomic E-state index is 12.6. The summed E-state index contributed by atoms with van der Waals surface area (Å²) in [6.07, 6.45) is 0. The summed E-state index contributed by atoms with van der Waals surface area (Å²) in [5.41, 5.74) is 1.91. The molecule has 1 fully saturated rings. The highest BCUT2D eigenvalue weighted by Gasteiger charge is 2.22. The summed E-state index contributed by atoms with van der Waals surface area (Å²) in [5, 5.41) is 15.5. The van der Waals surface area contributed by atoms with Crippen molar-refractivity contribution in [3.63, 3.8) is 0 Å². The summed E-state index contributed by atoms with van der Waals surface area (Å²) in [6, 6.07) is 15.2. The van der Waals surface area contributed by atoms with Crippen molar-refractivity contribution in [2.24, 2.45) is 0 Å². The van der Waals surface area contributed by atoms with Gasteiger partial charge in [-0.3, -0.25) is 9.69 Å². The third-order valence-electron chi connectivity index (χ3n) is 4.47. The number of hydrogen-bond acceptors (Lipinski definition) is 5. The number of nitrogens with zero attached hydrogens (tertiary/aromatic N) is 2. The predicted octanol–water partition coefficient (Wildman–Crippen LogP) is 2.46. The van der Waals surface area contributed by atoms with Crippen molar-refractivity contribution < 1.29 is 29.3 Å². The van der Waals surface area contributed by atoms with Gasteiger partial charge in [-0.15, -0.1) is 0 Å². The van der Waals surface area contributed by atoms with Gasteiger partial charge in [0.1, 0.15) is 5.75 Å². The molecule has 3 rings (SSSR count). The fourth-order valence-corrected chi connectivity index (χ4v) is 3.13. The fraction of sp³-hybridized carbons (Fsp3) is 0.286. The zero-order valence-electron chi connectivity index (χ0n) is 16.5. The summed E-state index contributed by atoms with van der Waals surface area (Å²) in [6.45, 7) is 4.09. The van der Waals surface area contributed by atoms with E-state index in [0.717, 1.165) is 43.5 Å². The number of carbonyl (C=O) groups is 3. The van der Waals surface area contributed by atoms with Crippen LogP contribution in [0.1, 0.15) is 15.9 Å². The minimum absolute atomic E-state index is 0.0834. The molecule has 2 aromatic rings. The second-order valence-electron chi connectivity index (χ2n) is 6.54. The number of carboxylic acid groups (broad SMARTS) is 2. The molecule has 160 valence electrons. The van der Waals surface area contributed by atoms with Gasteiger partial charge in [-0.25, -0.2) is 9.59 Å². The second kappa shape index (κ2) is 11.2. The van der Waals surface area contributed by atoms with Crippen LogP contribution in [0.5, 0.6) is 5.75 Å². The number of piperazine rings is 1.